The number of hydrogen-bond acceptors (Lipinski definition) is 3. The van der Waals surface area contributed by atoms with Crippen LogP contribution in [0.4, 0.5) is 0 Å². The number of aliphatic carboxylic acids is 1. The van der Waals surface area contributed by atoms with E-state index in [2.05, 4.69) is 0 Å². The zero-order valence-corrected chi connectivity index (χ0v) is 14.7. The number of nitrogens with zero attached hydrogens (tertiary/aromatic N) is 1. The summed E-state index contributed by atoms with van der Waals surface area (Å²) >= 11 is 0. The number of rotatable bonds is 5. The van der Waals surface area contributed by atoms with Gasteiger partial charge in [0.05, 0.1) is 12.5 Å². The molecule has 1 aliphatic carbocycles. The minimum atomic E-state index is -0.758. The third-order valence-corrected chi connectivity index (χ3v) is 5.44. The monoisotopic (exact) mass is 345 g/mol. The molecular weight excluding hydrogens is 318 g/mol. The van der Waals surface area contributed by atoms with E-state index in [0.29, 0.717) is 37.4 Å². The molecule has 2 fully saturated rings. The lowest BCUT2D eigenvalue weighted by Crippen LogP contribution is -2.40. The highest BCUT2D eigenvalue weighted by atomic mass is 16.5. The maximum absolute atomic E-state index is 12.5. The maximum atomic E-state index is 12.5. The van der Waals surface area contributed by atoms with Crippen LogP contribution in [0, 0.1) is 11.8 Å². The fourth-order valence-corrected chi connectivity index (χ4v) is 3.77. The highest BCUT2D eigenvalue weighted by molar-refractivity contribution is 5.94. The van der Waals surface area contributed by atoms with Gasteiger partial charge in [-0.3, -0.25) is 9.59 Å². The van der Waals surface area contributed by atoms with Crippen molar-refractivity contribution in [2.75, 3.05) is 19.7 Å². The summed E-state index contributed by atoms with van der Waals surface area (Å²) in [6, 6.07) is 7.34. The molecule has 1 saturated carbocycles. The number of carboxylic acid groups (broad SMARTS) is 1. The van der Waals surface area contributed by atoms with Gasteiger partial charge in [-0.1, -0.05) is 19.3 Å². The lowest BCUT2D eigenvalue weighted by atomic mass is 9.90. The van der Waals surface area contributed by atoms with Crippen LogP contribution in [-0.2, 0) is 4.79 Å². The second-order valence-corrected chi connectivity index (χ2v) is 7.24. The SMILES string of the molecule is O=C(O)C1CCN(C(=O)c2ccc(OCC3CCCCC3)cc2)CC1. The van der Waals surface area contributed by atoms with E-state index in [1.807, 2.05) is 24.3 Å². The van der Waals surface area contributed by atoms with Crippen LogP contribution in [-0.4, -0.2) is 41.6 Å². The summed E-state index contributed by atoms with van der Waals surface area (Å²) in [5, 5.41) is 9.04. The minimum Gasteiger partial charge on any atom is -0.493 e. The first-order valence-corrected chi connectivity index (χ1v) is 9.38. The standard InChI is InChI=1S/C20H27NO4/c22-19(21-12-10-17(11-13-21)20(23)24)16-6-8-18(9-7-16)25-14-15-4-2-1-3-5-15/h6-9,15,17H,1-5,10-14H2,(H,23,24). The Bertz CT molecular complexity index is 584. The number of hydrogen-bond donors (Lipinski definition) is 1. The van der Waals surface area contributed by atoms with E-state index in [9.17, 15) is 9.59 Å². The van der Waals surface area contributed by atoms with Crippen LogP contribution in [0.1, 0.15) is 55.3 Å². The zero-order valence-electron chi connectivity index (χ0n) is 14.7. The second kappa shape index (κ2) is 8.37. The summed E-state index contributed by atoms with van der Waals surface area (Å²) < 4.78 is 5.88. The first-order chi connectivity index (χ1) is 12.1. The van der Waals surface area contributed by atoms with Gasteiger partial charge in [-0.25, -0.2) is 0 Å². The summed E-state index contributed by atoms with van der Waals surface area (Å²) in [6.45, 7) is 1.78. The lowest BCUT2D eigenvalue weighted by Gasteiger charge is -2.30. The Morgan fingerprint density at radius 3 is 2.24 bits per heavy atom. The lowest BCUT2D eigenvalue weighted by molar-refractivity contribution is -0.143. The second-order valence-electron chi connectivity index (χ2n) is 7.24. The van der Waals surface area contributed by atoms with Crippen LogP contribution in [0.15, 0.2) is 24.3 Å². The van der Waals surface area contributed by atoms with Gasteiger partial charge in [0.25, 0.3) is 5.91 Å². The normalized spacial score (nSPS) is 19.6. The molecule has 1 amide bonds. The number of carboxylic acids is 1. The molecule has 1 aliphatic heterocycles. The molecule has 1 aromatic carbocycles. The largest absolute Gasteiger partial charge is 0.493 e. The molecule has 0 unspecified atom stereocenters. The molecule has 0 atom stereocenters. The first kappa shape index (κ1) is 17.8. The van der Waals surface area contributed by atoms with Crippen LogP contribution in [0.3, 0.4) is 0 Å². The van der Waals surface area contributed by atoms with Crippen molar-refractivity contribution in [1.82, 2.24) is 4.90 Å². The van der Waals surface area contributed by atoms with Crippen molar-refractivity contribution in [2.45, 2.75) is 44.9 Å². The predicted molar refractivity (Wildman–Crippen MR) is 94.8 cm³/mol. The van der Waals surface area contributed by atoms with Gasteiger partial charge < -0.3 is 14.7 Å². The summed E-state index contributed by atoms with van der Waals surface area (Å²) in [5.41, 5.74) is 0.638. The fraction of sp³-hybridized carbons (Fsp3) is 0.600. The summed E-state index contributed by atoms with van der Waals surface area (Å²) in [4.78, 5) is 25.3. The third-order valence-electron chi connectivity index (χ3n) is 5.44. The number of likely N-dealkylation sites (tertiary alicyclic amines) is 1. The van der Waals surface area contributed by atoms with Crippen LogP contribution in [0.5, 0.6) is 5.75 Å². The zero-order chi connectivity index (χ0) is 17.6. The summed E-state index contributed by atoms with van der Waals surface area (Å²) in [7, 11) is 0. The van der Waals surface area contributed by atoms with Gasteiger partial charge in [-0.2, -0.15) is 0 Å². The van der Waals surface area contributed by atoms with E-state index in [0.717, 1.165) is 12.4 Å². The van der Waals surface area contributed by atoms with E-state index in [-0.39, 0.29) is 11.8 Å². The number of carbonyl (C=O) groups excluding carboxylic acids is 1. The Morgan fingerprint density at radius 1 is 1.00 bits per heavy atom. The van der Waals surface area contributed by atoms with Crippen molar-refractivity contribution in [2.24, 2.45) is 11.8 Å². The van der Waals surface area contributed by atoms with Crippen molar-refractivity contribution >= 4 is 11.9 Å². The molecule has 2 aliphatic rings. The molecular formula is C20H27NO4. The molecule has 1 N–H and O–H groups in total. The Morgan fingerprint density at radius 2 is 1.64 bits per heavy atom. The number of benzene rings is 1. The fourth-order valence-electron chi connectivity index (χ4n) is 3.77. The highest BCUT2D eigenvalue weighted by Gasteiger charge is 2.27. The molecule has 5 heteroatoms. The molecule has 0 radical (unpaired) electrons. The van der Waals surface area contributed by atoms with Crippen molar-refractivity contribution < 1.29 is 19.4 Å². The Labute approximate surface area is 149 Å². The topological polar surface area (TPSA) is 66.8 Å². The number of carbonyl (C=O) groups is 2. The van der Waals surface area contributed by atoms with Gasteiger partial charge in [0.15, 0.2) is 0 Å². The van der Waals surface area contributed by atoms with Crippen LogP contribution in [0.25, 0.3) is 0 Å². The molecule has 25 heavy (non-hydrogen) atoms. The Kier molecular flexibility index (Phi) is 5.95. The molecule has 0 aromatic heterocycles. The van der Waals surface area contributed by atoms with E-state index in [1.54, 1.807) is 4.90 Å². The third kappa shape index (κ3) is 4.74. The van der Waals surface area contributed by atoms with E-state index in [4.69, 9.17) is 9.84 Å². The average molecular weight is 345 g/mol. The van der Waals surface area contributed by atoms with Crippen molar-refractivity contribution in [1.29, 1.82) is 0 Å². The van der Waals surface area contributed by atoms with Gasteiger partial charge >= 0.3 is 5.97 Å². The van der Waals surface area contributed by atoms with Gasteiger partial charge in [0, 0.05) is 18.7 Å². The van der Waals surface area contributed by atoms with Gasteiger partial charge in [-0.05, 0) is 55.9 Å². The van der Waals surface area contributed by atoms with E-state index in [1.165, 1.54) is 32.1 Å². The van der Waals surface area contributed by atoms with Gasteiger partial charge in [-0.15, -0.1) is 0 Å². The molecule has 0 bridgehead atoms. The Hall–Kier alpha value is -2.04. The average Bonchev–Trinajstić information content (AvgIpc) is 2.67. The van der Waals surface area contributed by atoms with Crippen molar-refractivity contribution in [3.8, 4) is 5.75 Å². The van der Waals surface area contributed by atoms with Gasteiger partial charge in [0.2, 0.25) is 0 Å². The molecule has 0 spiro atoms. The highest BCUT2D eigenvalue weighted by Crippen LogP contribution is 2.25. The molecule has 1 aromatic rings. The van der Waals surface area contributed by atoms with Crippen LogP contribution < -0.4 is 4.74 Å². The van der Waals surface area contributed by atoms with Crippen molar-refractivity contribution in [3.63, 3.8) is 0 Å². The van der Waals surface area contributed by atoms with E-state index >= 15 is 0 Å². The number of piperidine rings is 1. The van der Waals surface area contributed by atoms with Crippen LogP contribution >= 0.6 is 0 Å². The predicted octanol–water partition coefficient (Wildman–Crippen LogP) is 3.58. The molecule has 5 nitrogen and oxygen atoms in total. The summed E-state index contributed by atoms with van der Waals surface area (Å²) in [6.07, 6.45) is 7.52. The summed E-state index contributed by atoms with van der Waals surface area (Å²) in [5.74, 6) is 0.367. The Balaban J connectivity index is 1.49. The molecule has 136 valence electrons. The number of amides is 1. The van der Waals surface area contributed by atoms with Crippen molar-refractivity contribution in [3.05, 3.63) is 29.8 Å². The molecule has 1 heterocycles. The minimum absolute atomic E-state index is 0.0253. The number of ether oxygens (including phenoxy) is 1. The molecule has 1 saturated heterocycles. The maximum Gasteiger partial charge on any atom is 0.306 e. The van der Waals surface area contributed by atoms with E-state index < -0.39 is 5.97 Å². The quantitative estimate of drug-likeness (QED) is 0.886. The smallest absolute Gasteiger partial charge is 0.306 e. The van der Waals surface area contributed by atoms with Crippen LogP contribution in [0.2, 0.25) is 0 Å². The first-order valence-electron chi connectivity index (χ1n) is 9.38. The van der Waals surface area contributed by atoms with Gasteiger partial charge in [0.1, 0.15) is 5.75 Å². The molecule has 3 rings (SSSR count).